The molecule has 1 aromatic carbocycles. The number of benzene rings is 1. The minimum absolute atomic E-state index is 0.500. The Hall–Kier alpha value is -0.480. The predicted molar refractivity (Wildman–Crippen MR) is 82.3 cm³/mol. The molecule has 0 amide bonds. The van der Waals surface area contributed by atoms with Gasteiger partial charge in [0.15, 0.2) is 0 Å². The second kappa shape index (κ2) is 8.64. The van der Waals surface area contributed by atoms with E-state index in [4.69, 9.17) is 9.26 Å². The molecule has 0 bridgehead atoms. The van der Waals surface area contributed by atoms with E-state index in [1.807, 2.05) is 31.2 Å². The first kappa shape index (κ1) is 16.6. The first-order valence-corrected chi connectivity index (χ1v) is 9.94. The van der Waals surface area contributed by atoms with Crippen molar-refractivity contribution in [3.05, 3.63) is 29.8 Å². The molecule has 108 valence electrons. The topological polar surface area (TPSA) is 47.6 Å². The van der Waals surface area contributed by atoms with Crippen molar-refractivity contribution in [2.75, 3.05) is 32.7 Å². The van der Waals surface area contributed by atoms with E-state index in [1.54, 1.807) is 13.8 Å². The Morgan fingerprint density at radius 3 is 2.58 bits per heavy atom. The summed E-state index contributed by atoms with van der Waals surface area (Å²) in [7, 11) is 1.66. The Balaban J connectivity index is 2.18. The van der Waals surface area contributed by atoms with Crippen LogP contribution in [-0.4, -0.2) is 32.7 Å². The number of methoxy groups -OCH3 is 1. The van der Waals surface area contributed by atoms with Gasteiger partial charge in [0.2, 0.25) is 0 Å². The summed E-state index contributed by atoms with van der Waals surface area (Å²) in [6.45, 7) is 3.18. The number of rotatable bonds is 9. The Bertz CT molecular complexity index is 411. The van der Waals surface area contributed by atoms with Crippen LogP contribution in [0.25, 0.3) is 0 Å². The third-order valence-electron chi connectivity index (χ3n) is 2.46. The SMILES string of the molecule is CCOP(C)(=O)SCCNCc1ccc(OC)cc1. The summed E-state index contributed by atoms with van der Waals surface area (Å²) in [4.78, 5) is 0. The van der Waals surface area contributed by atoms with E-state index in [0.717, 1.165) is 24.6 Å². The van der Waals surface area contributed by atoms with E-state index >= 15 is 0 Å². The molecule has 0 aliphatic heterocycles. The highest BCUT2D eigenvalue weighted by Crippen LogP contribution is 2.55. The second-order valence-corrected chi connectivity index (χ2v) is 9.28. The fourth-order valence-corrected chi connectivity index (χ4v) is 4.45. The van der Waals surface area contributed by atoms with Crippen molar-refractivity contribution >= 4 is 18.0 Å². The smallest absolute Gasteiger partial charge is 0.254 e. The normalized spacial score (nSPS) is 14.1. The number of nitrogens with one attached hydrogen (secondary N) is 1. The van der Waals surface area contributed by atoms with Crippen LogP contribution in [0.15, 0.2) is 24.3 Å². The molecule has 4 nitrogen and oxygen atoms in total. The Morgan fingerprint density at radius 2 is 2.00 bits per heavy atom. The van der Waals surface area contributed by atoms with Crippen LogP contribution in [0.4, 0.5) is 0 Å². The molecule has 0 saturated carbocycles. The van der Waals surface area contributed by atoms with Gasteiger partial charge in [-0.3, -0.25) is 4.57 Å². The molecule has 0 aromatic heterocycles. The molecule has 0 heterocycles. The molecule has 1 aromatic rings. The van der Waals surface area contributed by atoms with Crippen LogP contribution in [-0.2, 0) is 15.6 Å². The summed E-state index contributed by atoms with van der Waals surface area (Å²) in [6, 6.07) is 7.95. The molecule has 0 fully saturated rings. The highest BCUT2D eigenvalue weighted by Gasteiger charge is 2.14. The zero-order valence-corrected chi connectivity index (χ0v) is 13.4. The van der Waals surface area contributed by atoms with E-state index < -0.39 is 6.57 Å². The molecule has 1 atom stereocenters. The van der Waals surface area contributed by atoms with Crippen LogP contribution in [0.5, 0.6) is 5.75 Å². The van der Waals surface area contributed by atoms with Gasteiger partial charge in [0.05, 0.1) is 13.7 Å². The lowest BCUT2D eigenvalue weighted by Gasteiger charge is -2.11. The van der Waals surface area contributed by atoms with Gasteiger partial charge in [-0.1, -0.05) is 23.5 Å². The molecule has 19 heavy (non-hydrogen) atoms. The van der Waals surface area contributed by atoms with Crippen molar-refractivity contribution in [1.82, 2.24) is 5.32 Å². The van der Waals surface area contributed by atoms with Crippen molar-refractivity contribution < 1.29 is 13.8 Å². The lowest BCUT2D eigenvalue weighted by molar-refractivity contribution is 0.350. The van der Waals surface area contributed by atoms with E-state index in [1.165, 1.54) is 16.9 Å². The molecule has 1 unspecified atom stereocenters. The largest absolute Gasteiger partial charge is 0.497 e. The van der Waals surface area contributed by atoms with E-state index in [0.29, 0.717) is 6.61 Å². The number of hydrogen-bond donors (Lipinski definition) is 1. The molecule has 0 aliphatic carbocycles. The monoisotopic (exact) mass is 303 g/mol. The van der Waals surface area contributed by atoms with Crippen LogP contribution < -0.4 is 10.1 Å². The predicted octanol–water partition coefficient (Wildman–Crippen LogP) is 3.38. The van der Waals surface area contributed by atoms with Crippen molar-refractivity contribution in [1.29, 1.82) is 0 Å². The van der Waals surface area contributed by atoms with Crippen LogP contribution in [0.3, 0.4) is 0 Å². The molecule has 0 aliphatic rings. The Kier molecular flexibility index (Phi) is 7.54. The van der Waals surface area contributed by atoms with Crippen LogP contribution in [0.2, 0.25) is 0 Å². The third kappa shape index (κ3) is 7.02. The molecular weight excluding hydrogens is 281 g/mol. The van der Waals surface area contributed by atoms with E-state index in [9.17, 15) is 4.57 Å². The molecule has 0 spiro atoms. The van der Waals surface area contributed by atoms with Gasteiger partial charge < -0.3 is 14.6 Å². The van der Waals surface area contributed by atoms with Crippen molar-refractivity contribution in [3.8, 4) is 5.75 Å². The summed E-state index contributed by atoms with van der Waals surface area (Å²) in [5.74, 6) is 1.65. The van der Waals surface area contributed by atoms with Gasteiger partial charge in [-0.25, -0.2) is 0 Å². The van der Waals surface area contributed by atoms with Crippen LogP contribution in [0, 0.1) is 0 Å². The highest BCUT2D eigenvalue weighted by molar-refractivity contribution is 8.56. The number of hydrogen-bond acceptors (Lipinski definition) is 5. The second-order valence-electron chi connectivity index (χ2n) is 4.05. The van der Waals surface area contributed by atoms with Gasteiger partial charge in [-0.05, 0) is 24.6 Å². The Morgan fingerprint density at radius 1 is 1.32 bits per heavy atom. The molecule has 0 radical (unpaired) electrons. The summed E-state index contributed by atoms with van der Waals surface area (Å²) >= 11 is 1.40. The van der Waals surface area contributed by atoms with Gasteiger partial charge in [-0.2, -0.15) is 0 Å². The lowest BCUT2D eigenvalue weighted by Crippen LogP contribution is -2.16. The van der Waals surface area contributed by atoms with Gasteiger partial charge in [0.1, 0.15) is 5.75 Å². The lowest BCUT2D eigenvalue weighted by atomic mass is 10.2. The van der Waals surface area contributed by atoms with Gasteiger partial charge in [0.25, 0.3) is 6.57 Å². The fraction of sp³-hybridized carbons (Fsp3) is 0.538. The molecular formula is C13H22NO3PS. The van der Waals surface area contributed by atoms with Crippen LogP contribution in [0.1, 0.15) is 12.5 Å². The quantitative estimate of drug-likeness (QED) is 0.560. The first-order valence-electron chi connectivity index (χ1n) is 6.27. The third-order valence-corrected chi connectivity index (χ3v) is 6.31. The highest BCUT2D eigenvalue weighted by atomic mass is 32.7. The van der Waals surface area contributed by atoms with E-state index in [2.05, 4.69) is 5.32 Å². The van der Waals surface area contributed by atoms with Gasteiger partial charge >= 0.3 is 0 Å². The minimum Gasteiger partial charge on any atom is -0.497 e. The summed E-state index contributed by atoms with van der Waals surface area (Å²) < 4.78 is 22.1. The summed E-state index contributed by atoms with van der Waals surface area (Å²) in [5, 5.41) is 3.32. The first-order chi connectivity index (χ1) is 9.07. The van der Waals surface area contributed by atoms with E-state index in [-0.39, 0.29) is 0 Å². The van der Waals surface area contributed by atoms with Crippen molar-refractivity contribution in [3.63, 3.8) is 0 Å². The van der Waals surface area contributed by atoms with Gasteiger partial charge in [-0.15, -0.1) is 0 Å². The summed E-state index contributed by atoms with van der Waals surface area (Å²) in [5.41, 5.74) is 1.20. The average molecular weight is 303 g/mol. The maximum absolute atomic E-state index is 11.8. The minimum atomic E-state index is -2.46. The zero-order valence-electron chi connectivity index (χ0n) is 11.7. The van der Waals surface area contributed by atoms with Crippen molar-refractivity contribution in [2.24, 2.45) is 0 Å². The standard InChI is InChI=1S/C13H22NO3PS/c1-4-17-18(3,15)19-10-9-14-11-12-5-7-13(16-2)8-6-12/h5-8,14H,4,9-11H2,1-3H3. The van der Waals surface area contributed by atoms with Gasteiger partial charge in [0, 0.05) is 25.5 Å². The Labute approximate surface area is 119 Å². The zero-order chi connectivity index (χ0) is 14.1. The maximum Gasteiger partial charge on any atom is 0.254 e. The fourth-order valence-electron chi connectivity index (χ4n) is 1.53. The summed E-state index contributed by atoms with van der Waals surface area (Å²) in [6.07, 6.45) is 0. The maximum atomic E-state index is 11.8. The number of ether oxygens (including phenoxy) is 1. The molecule has 0 saturated heterocycles. The average Bonchev–Trinajstić information content (AvgIpc) is 2.39. The molecule has 6 heteroatoms. The van der Waals surface area contributed by atoms with Crippen LogP contribution >= 0.6 is 18.0 Å². The molecule has 1 N–H and O–H groups in total. The van der Waals surface area contributed by atoms with Crippen molar-refractivity contribution in [2.45, 2.75) is 13.5 Å². The molecule has 1 rings (SSSR count).